The highest BCUT2D eigenvalue weighted by molar-refractivity contribution is 7.11. The summed E-state index contributed by atoms with van der Waals surface area (Å²) < 4.78 is 0. The first-order valence-electron chi connectivity index (χ1n) is 6.19. The molecule has 1 rings (SSSR count). The Labute approximate surface area is 103 Å². The quantitative estimate of drug-likeness (QED) is 0.567. The summed E-state index contributed by atoms with van der Waals surface area (Å²) in [5.74, 6) is 6.36. The van der Waals surface area contributed by atoms with Crippen LogP contribution in [0.2, 0.25) is 0 Å². The van der Waals surface area contributed by atoms with Crippen LogP contribution in [0.4, 0.5) is 0 Å². The number of hydrogen-bond acceptors (Lipinski definition) is 3. The second-order valence-electron chi connectivity index (χ2n) is 4.76. The van der Waals surface area contributed by atoms with E-state index in [0.717, 1.165) is 25.2 Å². The Morgan fingerprint density at radius 3 is 2.44 bits per heavy atom. The average Bonchev–Trinajstić information content (AvgIpc) is 2.71. The summed E-state index contributed by atoms with van der Waals surface area (Å²) in [6.45, 7) is 6.72. The van der Waals surface area contributed by atoms with Gasteiger partial charge in [0.05, 0.1) is 0 Å². The van der Waals surface area contributed by atoms with Gasteiger partial charge in [0, 0.05) is 15.8 Å². The summed E-state index contributed by atoms with van der Waals surface area (Å²) in [6, 6.07) is 4.89. The van der Waals surface area contributed by atoms with Crippen LogP contribution in [0, 0.1) is 5.92 Å². The Kier molecular flexibility index (Phi) is 6.03. The van der Waals surface area contributed by atoms with Crippen molar-refractivity contribution in [3.05, 3.63) is 21.9 Å². The fourth-order valence-electron chi connectivity index (χ4n) is 1.74. The topological polar surface area (TPSA) is 38.0 Å². The summed E-state index contributed by atoms with van der Waals surface area (Å²) in [4.78, 5) is 2.91. The van der Waals surface area contributed by atoms with Crippen LogP contribution < -0.4 is 11.3 Å². The van der Waals surface area contributed by atoms with Crippen LogP contribution >= 0.6 is 11.3 Å². The molecule has 0 amide bonds. The van der Waals surface area contributed by atoms with Crippen LogP contribution in [0.3, 0.4) is 0 Å². The van der Waals surface area contributed by atoms with Crippen molar-refractivity contribution in [3.8, 4) is 0 Å². The van der Waals surface area contributed by atoms with E-state index in [0.29, 0.717) is 6.04 Å². The highest BCUT2D eigenvalue weighted by atomic mass is 32.1. The van der Waals surface area contributed by atoms with Gasteiger partial charge in [-0.15, -0.1) is 11.3 Å². The van der Waals surface area contributed by atoms with Gasteiger partial charge in [-0.25, -0.2) is 0 Å². The van der Waals surface area contributed by atoms with E-state index in [9.17, 15) is 0 Å². The molecule has 0 aliphatic heterocycles. The van der Waals surface area contributed by atoms with Gasteiger partial charge >= 0.3 is 0 Å². The molecule has 1 unspecified atom stereocenters. The minimum atomic E-state index is 0.422. The van der Waals surface area contributed by atoms with Crippen molar-refractivity contribution >= 4 is 11.3 Å². The lowest BCUT2D eigenvalue weighted by atomic mass is 10.0. The van der Waals surface area contributed by atoms with Crippen molar-refractivity contribution in [2.24, 2.45) is 11.8 Å². The van der Waals surface area contributed by atoms with Gasteiger partial charge in [-0.2, -0.15) is 0 Å². The zero-order valence-electron chi connectivity index (χ0n) is 10.6. The fraction of sp³-hybridized carbons (Fsp3) is 0.692. The lowest BCUT2D eigenvalue weighted by Crippen LogP contribution is -2.36. The molecule has 16 heavy (non-hydrogen) atoms. The highest BCUT2D eigenvalue weighted by Gasteiger charge is 2.10. The molecule has 0 bridgehead atoms. The minimum Gasteiger partial charge on any atom is -0.271 e. The van der Waals surface area contributed by atoms with Crippen LogP contribution in [-0.4, -0.2) is 6.04 Å². The molecule has 92 valence electrons. The maximum atomic E-state index is 5.60. The Bertz CT molecular complexity index is 294. The van der Waals surface area contributed by atoms with Crippen molar-refractivity contribution in [1.82, 2.24) is 5.43 Å². The second-order valence-corrected chi connectivity index (χ2v) is 6.01. The van der Waals surface area contributed by atoms with Crippen LogP contribution in [0.15, 0.2) is 12.1 Å². The normalized spacial score (nSPS) is 13.3. The summed E-state index contributed by atoms with van der Waals surface area (Å²) in [5, 5.41) is 0. The van der Waals surface area contributed by atoms with Crippen molar-refractivity contribution < 1.29 is 0 Å². The summed E-state index contributed by atoms with van der Waals surface area (Å²) >= 11 is 1.92. The lowest BCUT2D eigenvalue weighted by molar-refractivity contribution is 0.436. The van der Waals surface area contributed by atoms with Crippen LogP contribution in [0.1, 0.15) is 43.4 Å². The maximum Gasteiger partial charge on any atom is 0.0258 e. The molecule has 0 spiro atoms. The number of aryl methyl sites for hydroxylation is 1. The summed E-state index contributed by atoms with van der Waals surface area (Å²) in [7, 11) is 0. The molecule has 0 saturated carbocycles. The average molecular weight is 240 g/mol. The lowest BCUT2D eigenvalue weighted by Gasteiger charge is -2.15. The number of nitrogens with two attached hydrogens (primary N) is 1. The monoisotopic (exact) mass is 240 g/mol. The smallest absolute Gasteiger partial charge is 0.0258 e. The molecule has 0 aromatic carbocycles. The molecular weight excluding hydrogens is 216 g/mol. The SMILES string of the molecule is CCc1ccc(CC(CCC(C)C)NN)s1. The van der Waals surface area contributed by atoms with Crippen LogP contribution in [0.5, 0.6) is 0 Å². The molecule has 0 aliphatic carbocycles. The molecule has 0 aliphatic rings. The van der Waals surface area contributed by atoms with E-state index in [2.05, 4.69) is 38.3 Å². The first-order valence-corrected chi connectivity index (χ1v) is 7.01. The summed E-state index contributed by atoms with van der Waals surface area (Å²) in [6.07, 6.45) is 4.60. The number of nitrogens with one attached hydrogen (secondary N) is 1. The third-order valence-corrected chi connectivity index (χ3v) is 4.09. The maximum absolute atomic E-state index is 5.60. The molecule has 2 nitrogen and oxygen atoms in total. The zero-order valence-corrected chi connectivity index (χ0v) is 11.4. The molecular formula is C13H24N2S. The third kappa shape index (κ3) is 4.64. The number of hydrazine groups is 1. The molecule has 1 atom stereocenters. The van der Waals surface area contributed by atoms with E-state index >= 15 is 0 Å². The largest absolute Gasteiger partial charge is 0.271 e. The Balaban J connectivity index is 2.42. The number of rotatable bonds is 7. The van der Waals surface area contributed by atoms with Crippen LogP contribution in [0.25, 0.3) is 0 Å². The van der Waals surface area contributed by atoms with Gasteiger partial charge in [-0.3, -0.25) is 11.3 Å². The first-order chi connectivity index (χ1) is 7.65. The van der Waals surface area contributed by atoms with Crippen molar-refractivity contribution in [1.29, 1.82) is 0 Å². The van der Waals surface area contributed by atoms with Gasteiger partial charge in [0.2, 0.25) is 0 Å². The van der Waals surface area contributed by atoms with Crippen molar-refractivity contribution in [2.45, 2.75) is 52.5 Å². The minimum absolute atomic E-state index is 0.422. The molecule has 0 radical (unpaired) electrons. The predicted molar refractivity (Wildman–Crippen MR) is 72.6 cm³/mol. The van der Waals surface area contributed by atoms with Gasteiger partial charge in [0.15, 0.2) is 0 Å². The fourth-order valence-corrected chi connectivity index (χ4v) is 2.78. The van der Waals surface area contributed by atoms with Gasteiger partial charge < -0.3 is 0 Å². The highest BCUT2D eigenvalue weighted by Crippen LogP contribution is 2.20. The first kappa shape index (κ1) is 13.7. The van der Waals surface area contributed by atoms with E-state index in [4.69, 9.17) is 5.84 Å². The third-order valence-electron chi connectivity index (χ3n) is 2.84. The van der Waals surface area contributed by atoms with Crippen molar-refractivity contribution in [2.75, 3.05) is 0 Å². The molecule has 1 aromatic heterocycles. The van der Waals surface area contributed by atoms with E-state index < -0.39 is 0 Å². The summed E-state index contributed by atoms with van der Waals surface area (Å²) in [5.41, 5.74) is 2.94. The molecule has 3 N–H and O–H groups in total. The molecule has 1 heterocycles. The van der Waals surface area contributed by atoms with Crippen LogP contribution in [-0.2, 0) is 12.8 Å². The molecule has 0 fully saturated rings. The van der Waals surface area contributed by atoms with Gasteiger partial charge in [0.1, 0.15) is 0 Å². The molecule has 0 saturated heterocycles. The number of hydrogen-bond donors (Lipinski definition) is 2. The standard InChI is InChI=1S/C13H24N2S/c1-4-12-7-8-13(16-12)9-11(15-14)6-5-10(2)3/h7-8,10-11,15H,4-6,9,14H2,1-3H3. The van der Waals surface area contributed by atoms with E-state index in [-0.39, 0.29) is 0 Å². The van der Waals surface area contributed by atoms with Gasteiger partial charge in [-0.05, 0) is 43.7 Å². The number of thiophene rings is 1. The Morgan fingerprint density at radius 2 is 1.94 bits per heavy atom. The van der Waals surface area contributed by atoms with Gasteiger partial charge in [-0.1, -0.05) is 20.8 Å². The van der Waals surface area contributed by atoms with E-state index in [1.807, 2.05) is 11.3 Å². The van der Waals surface area contributed by atoms with Gasteiger partial charge in [0.25, 0.3) is 0 Å². The predicted octanol–water partition coefficient (Wildman–Crippen LogP) is 3.12. The van der Waals surface area contributed by atoms with E-state index in [1.165, 1.54) is 16.2 Å². The van der Waals surface area contributed by atoms with E-state index in [1.54, 1.807) is 0 Å². The molecule has 3 heteroatoms. The Morgan fingerprint density at radius 1 is 1.25 bits per heavy atom. The Hall–Kier alpha value is -0.380. The molecule has 1 aromatic rings. The zero-order chi connectivity index (χ0) is 12.0. The van der Waals surface area contributed by atoms with Crippen molar-refractivity contribution in [3.63, 3.8) is 0 Å². The second kappa shape index (κ2) is 7.05.